The average molecular weight is 283 g/mol. The molecular weight excluding hydrogens is 268 g/mol. The summed E-state index contributed by atoms with van der Waals surface area (Å²) in [6.07, 6.45) is 3.73. The molecule has 2 rings (SSSR count). The van der Waals surface area contributed by atoms with Gasteiger partial charge in [-0.15, -0.1) is 0 Å². The first-order chi connectivity index (χ1) is 8.95. The molecular formula is C13H15F2N3S. The Hall–Kier alpha value is -1.40. The zero-order chi connectivity index (χ0) is 14.0. The Morgan fingerprint density at radius 2 is 2.00 bits per heavy atom. The van der Waals surface area contributed by atoms with E-state index in [1.165, 1.54) is 12.1 Å². The Labute approximate surface area is 114 Å². The van der Waals surface area contributed by atoms with E-state index in [1.807, 2.05) is 0 Å². The van der Waals surface area contributed by atoms with Crippen LogP contribution in [0.25, 0.3) is 0 Å². The molecule has 1 atom stereocenters. The van der Waals surface area contributed by atoms with E-state index in [9.17, 15) is 8.78 Å². The topological polar surface area (TPSA) is 43.8 Å². The highest BCUT2D eigenvalue weighted by molar-refractivity contribution is 7.99. The smallest absolute Gasteiger partial charge is 0.140 e. The molecule has 2 N–H and O–H groups in total. The van der Waals surface area contributed by atoms with Crippen LogP contribution in [0.15, 0.2) is 34.3 Å². The van der Waals surface area contributed by atoms with E-state index in [1.54, 1.807) is 31.0 Å². The molecule has 0 radical (unpaired) electrons. The minimum atomic E-state index is -0.565. The molecule has 0 aliphatic heterocycles. The first-order valence-corrected chi connectivity index (χ1v) is 6.67. The molecule has 0 saturated carbocycles. The normalized spacial score (nSPS) is 12.7. The highest BCUT2D eigenvalue weighted by atomic mass is 32.2. The van der Waals surface area contributed by atoms with Gasteiger partial charge in [-0.3, -0.25) is 4.68 Å². The summed E-state index contributed by atoms with van der Waals surface area (Å²) in [5, 5.41) is 3.96. The lowest BCUT2D eigenvalue weighted by Gasteiger charge is -2.09. The summed E-state index contributed by atoms with van der Waals surface area (Å²) in [6.45, 7) is 1.80. The van der Waals surface area contributed by atoms with Crippen molar-refractivity contribution >= 4 is 11.8 Å². The number of hydrogen-bond acceptors (Lipinski definition) is 3. The predicted octanol–water partition coefficient (Wildman–Crippen LogP) is 2.74. The molecule has 0 fully saturated rings. The number of nitrogens with two attached hydrogens (primary N) is 1. The van der Waals surface area contributed by atoms with Crippen molar-refractivity contribution in [2.24, 2.45) is 12.8 Å². The number of hydrogen-bond donors (Lipinski definition) is 1. The number of aryl methyl sites for hydroxylation is 1. The van der Waals surface area contributed by atoms with E-state index in [0.29, 0.717) is 16.9 Å². The van der Waals surface area contributed by atoms with Crippen LogP contribution in [0.4, 0.5) is 8.78 Å². The second kappa shape index (κ2) is 5.71. The fourth-order valence-electron chi connectivity index (χ4n) is 1.77. The van der Waals surface area contributed by atoms with E-state index in [-0.39, 0.29) is 10.9 Å². The van der Waals surface area contributed by atoms with Crippen molar-refractivity contribution in [1.82, 2.24) is 9.78 Å². The van der Waals surface area contributed by atoms with Crippen LogP contribution in [-0.4, -0.2) is 15.8 Å². The molecule has 0 saturated heterocycles. The number of aromatic nitrogens is 2. The summed E-state index contributed by atoms with van der Waals surface area (Å²) in [7, 11) is 1.75. The maximum absolute atomic E-state index is 13.9. The van der Waals surface area contributed by atoms with E-state index in [4.69, 9.17) is 5.73 Å². The van der Waals surface area contributed by atoms with E-state index in [0.717, 1.165) is 11.8 Å². The first kappa shape index (κ1) is 14.0. The largest absolute Gasteiger partial charge is 0.328 e. The van der Waals surface area contributed by atoms with Gasteiger partial charge in [-0.1, -0.05) is 11.8 Å². The highest BCUT2D eigenvalue weighted by Crippen LogP contribution is 2.32. The van der Waals surface area contributed by atoms with Gasteiger partial charge in [-0.25, -0.2) is 8.78 Å². The second-order valence-electron chi connectivity index (χ2n) is 4.52. The molecule has 3 nitrogen and oxygen atoms in total. The molecule has 1 aromatic heterocycles. The zero-order valence-corrected chi connectivity index (χ0v) is 11.5. The molecule has 1 aromatic carbocycles. The number of halogens is 2. The van der Waals surface area contributed by atoms with Crippen molar-refractivity contribution in [2.75, 3.05) is 0 Å². The maximum atomic E-state index is 13.9. The molecule has 2 aromatic rings. The summed E-state index contributed by atoms with van der Waals surface area (Å²) in [5.74, 6) is -1.13. The Kier molecular flexibility index (Phi) is 4.21. The molecule has 1 unspecified atom stereocenters. The molecule has 0 spiro atoms. The summed E-state index contributed by atoms with van der Waals surface area (Å²) in [6, 6.07) is 2.55. The lowest BCUT2D eigenvalue weighted by Crippen LogP contribution is -2.18. The zero-order valence-electron chi connectivity index (χ0n) is 10.7. The summed E-state index contributed by atoms with van der Waals surface area (Å²) < 4.78 is 29.4. The highest BCUT2D eigenvalue weighted by Gasteiger charge is 2.14. The SMILES string of the molecule is CC(N)Cc1cc(F)c(Sc2cnn(C)c2)c(F)c1. The van der Waals surface area contributed by atoms with Crippen LogP contribution in [0.5, 0.6) is 0 Å². The number of benzene rings is 1. The molecule has 6 heteroatoms. The van der Waals surface area contributed by atoms with Crippen molar-refractivity contribution < 1.29 is 8.78 Å². The molecule has 102 valence electrons. The van der Waals surface area contributed by atoms with Crippen molar-refractivity contribution in [2.45, 2.75) is 29.2 Å². The van der Waals surface area contributed by atoms with Crippen LogP contribution >= 0.6 is 11.8 Å². The van der Waals surface area contributed by atoms with E-state index in [2.05, 4.69) is 5.10 Å². The van der Waals surface area contributed by atoms with Gasteiger partial charge in [0.25, 0.3) is 0 Å². The molecule has 0 bridgehead atoms. The fraction of sp³-hybridized carbons (Fsp3) is 0.308. The van der Waals surface area contributed by atoms with Gasteiger partial charge in [0, 0.05) is 19.3 Å². The number of nitrogens with zero attached hydrogens (tertiary/aromatic N) is 2. The van der Waals surface area contributed by atoms with Gasteiger partial charge in [-0.05, 0) is 31.0 Å². The minimum Gasteiger partial charge on any atom is -0.328 e. The number of rotatable bonds is 4. The molecule has 0 aliphatic rings. The Morgan fingerprint density at radius 3 is 2.47 bits per heavy atom. The third-order valence-electron chi connectivity index (χ3n) is 2.52. The quantitative estimate of drug-likeness (QED) is 0.938. The fourth-order valence-corrected chi connectivity index (χ4v) is 2.62. The maximum Gasteiger partial charge on any atom is 0.140 e. The standard InChI is InChI=1S/C13H15F2N3S/c1-8(16)3-9-4-11(14)13(12(15)5-9)19-10-6-17-18(2)7-10/h4-8H,3,16H2,1-2H3. The monoisotopic (exact) mass is 283 g/mol. The van der Waals surface area contributed by atoms with Gasteiger partial charge in [-0.2, -0.15) is 5.10 Å². The molecule has 0 amide bonds. The van der Waals surface area contributed by atoms with Crippen LogP contribution in [0, 0.1) is 11.6 Å². The summed E-state index contributed by atoms with van der Waals surface area (Å²) in [4.78, 5) is 0.682. The molecule has 1 heterocycles. The van der Waals surface area contributed by atoms with Crippen LogP contribution in [0.3, 0.4) is 0 Å². The minimum absolute atomic E-state index is 0.0126. The van der Waals surface area contributed by atoms with Crippen molar-refractivity contribution in [1.29, 1.82) is 0 Å². The Morgan fingerprint density at radius 1 is 1.37 bits per heavy atom. The van der Waals surface area contributed by atoms with Gasteiger partial charge in [0.15, 0.2) is 0 Å². The lowest BCUT2D eigenvalue weighted by atomic mass is 10.1. The Bertz CT molecular complexity index is 558. The molecule has 0 aliphatic carbocycles. The summed E-state index contributed by atoms with van der Waals surface area (Å²) in [5.41, 5.74) is 6.20. The molecule has 19 heavy (non-hydrogen) atoms. The third kappa shape index (κ3) is 3.54. The van der Waals surface area contributed by atoms with Crippen LogP contribution in [0.1, 0.15) is 12.5 Å². The van der Waals surface area contributed by atoms with Gasteiger partial charge in [0.05, 0.1) is 16.0 Å². The Balaban J connectivity index is 2.26. The summed E-state index contributed by atoms with van der Waals surface area (Å²) >= 11 is 1.02. The van der Waals surface area contributed by atoms with Gasteiger partial charge in [0.1, 0.15) is 11.6 Å². The lowest BCUT2D eigenvalue weighted by molar-refractivity contribution is 0.535. The first-order valence-electron chi connectivity index (χ1n) is 5.85. The third-order valence-corrected chi connectivity index (χ3v) is 3.56. The van der Waals surface area contributed by atoms with E-state index >= 15 is 0 Å². The van der Waals surface area contributed by atoms with Gasteiger partial charge < -0.3 is 5.73 Å². The second-order valence-corrected chi connectivity index (χ2v) is 5.61. The average Bonchev–Trinajstić information content (AvgIpc) is 2.68. The van der Waals surface area contributed by atoms with Crippen LogP contribution in [-0.2, 0) is 13.5 Å². The predicted molar refractivity (Wildman–Crippen MR) is 71.0 cm³/mol. The van der Waals surface area contributed by atoms with Crippen LogP contribution in [0.2, 0.25) is 0 Å². The van der Waals surface area contributed by atoms with Crippen molar-refractivity contribution in [3.05, 3.63) is 41.7 Å². The van der Waals surface area contributed by atoms with Crippen molar-refractivity contribution in [3.63, 3.8) is 0 Å². The van der Waals surface area contributed by atoms with Gasteiger partial charge in [0.2, 0.25) is 0 Å². The van der Waals surface area contributed by atoms with E-state index < -0.39 is 11.6 Å². The van der Waals surface area contributed by atoms with Crippen molar-refractivity contribution in [3.8, 4) is 0 Å². The van der Waals surface area contributed by atoms with Crippen LogP contribution < -0.4 is 5.73 Å². The van der Waals surface area contributed by atoms with Gasteiger partial charge >= 0.3 is 0 Å².